The molecule has 12 heteroatoms. The van der Waals surface area contributed by atoms with Crippen molar-refractivity contribution in [3.05, 3.63) is 71.5 Å². The Morgan fingerprint density at radius 2 is 1.93 bits per heavy atom. The average Bonchev–Trinajstić information content (AvgIpc) is 3.62. The minimum Gasteiger partial charge on any atom is -0.432 e. The third-order valence-corrected chi connectivity index (χ3v) is 11.2. The SMILES string of the molecule is C[C@H]1[C@H]([Si](C)(C)O)[C@@H](CCn2cc(CCO)nn2)O[C@]12C(=O)Nc1ccc(N3N=C(c4ccccc4)CCC3=O)cc12. The van der Waals surface area contributed by atoms with Crippen molar-refractivity contribution >= 4 is 37.2 Å². The van der Waals surface area contributed by atoms with E-state index in [1.54, 1.807) is 23.0 Å². The van der Waals surface area contributed by atoms with Gasteiger partial charge in [-0.3, -0.25) is 14.3 Å². The summed E-state index contributed by atoms with van der Waals surface area (Å²) in [6.07, 6.45) is 3.22. The number of aliphatic hydroxyl groups excluding tert-OH is 1. The quantitative estimate of drug-likeness (QED) is 0.343. The summed E-state index contributed by atoms with van der Waals surface area (Å²) in [5.74, 6) is -0.710. The Morgan fingerprint density at radius 1 is 1.14 bits per heavy atom. The lowest BCUT2D eigenvalue weighted by Crippen LogP contribution is -2.43. The van der Waals surface area contributed by atoms with Gasteiger partial charge in [-0.05, 0) is 43.3 Å². The van der Waals surface area contributed by atoms with Gasteiger partial charge in [-0.1, -0.05) is 42.5 Å². The number of hydrogen-bond acceptors (Lipinski definition) is 8. The zero-order valence-electron chi connectivity index (χ0n) is 24.0. The summed E-state index contributed by atoms with van der Waals surface area (Å²) >= 11 is 0. The number of nitrogens with zero attached hydrogens (tertiary/aromatic N) is 5. The smallest absolute Gasteiger partial charge is 0.261 e. The lowest BCUT2D eigenvalue weighted by Gasteiger charge is -2.32. The second-order valence-electron chi connectivity index (χ2n) is 11.9. The molecule has 1 spiro atoms. The molecule has 3 N–H and O–H groups in total. The number of aliphatic hydroxyl groups is 1. The highest BCUT2D eigenvalue weighted by atomic mass is 28.4. The molecule has 0 radical (unpaired) electrons. The number of hydrogen-bond donors (Lipinski definition) is 3. The molecule has 2 amide bonds. The second-order valence-corrected chi connectivity index (χ2v) is 15.9. The number of benzene rings is 2. The van der Waals surface area contributed by atoms with Gasteiger partial charge in [0.2, 0.25) is 5.91 Å². The first-order valence-electron chi connectivity index (χ1n) is 14.4. The minimum absolute atomic E-state index is 0.00471. The van der Waals surface area contributed by atoms with Gasteiger partial charge in [0.25, 0.3) is 5.91 Å². The number of aryl methyl sites for hydroxylation is 1. The molecule has 6 rings (SSSR count). The van der Waals surface area contributed by atoms with E-state index in [1.807, 2.05) is 56.4 Å². The van der Waals surface area contributed by atoms with Crippen LogP contribution >= 0.6 is 0 Å². The fourth-order valence-corrected chi connectivity index (χ4v) is 9.42. The third kappa shape index (κ3) is 4.87. The molecule has 1 aromatic heterocycles. The molecule has 11 nitrogen and oxygen atoms in total. The van der Waals surface area contributed by atoms with E-state index >= 15 is 0 Å². The van der Waals surface area contributed by atoms with Crippen LogP contribution in [-0.4, -0.2) is 63.5 Å². The van der Waals surface area contributed by atoms with Crippen LogP contribution in [0.2, 0.25) is 18.6 Å². The summed E-state index contributed by atoms with van der Waals surface area (Å²) in [5.41, 5.74) is 2.80. The highest BCUT2D eigenvalue weighted by molar-refractivity contribution is 6.71. The van der Waals surface area contributed by atoms with E-state index in [-0.39, 0.29) is 29.9 Å². The first-order valence-corrected chi connectivity index (χ1v) is 17.5. The molecule has 3 aromatic rings. The summed E-state index contributed by atoms with van der Waals surface area (Å²) in [5, 5.41) is 26.6. The van der Waals surface area contributed by atoms with Gasteiger partial charge in [-0.25, -0.2) is 5.01 Å². The van der Waals surface area contributed by atoms with Gasteiger partial charge >= 0.3 is 0 Å². The maximum atomic E-state index is 13.8. The third-order valence-electron chi connectivity index (χ3n) is 8.70. The number of nitrogens with one attached hydrogen (secondary N) is 1. The number of fused-ring (bicyclic) bond motifs is 2. The Bertz CT molecular complexity index is 1540. The summed E-state index contributed by atoms with van der Waals surface area (Å²) in [4.78, 5) is 38.3. The molecule has 0 saturated carbocycles. The van der Waals surface area contributed by atoms with E-state index in [2.05, 4.69) is 15.6 Å². The van der Waals surface area contributed by atoms with E-state index in [9.17, 15) is 19.5 Å². The van der Waals surface area contributed by atoms with Crippen molar-refractivity contribution in [3.63, 3.8) is 0 Å². The normalized spacial score (nSPS) is 25.6. The maximum Gasteiger partial charge on any atom is 0.261 e. The van der Waals surface area contributed by atoms with Gasteiger partial charge in [0.05, 0.1) is 23.2 Å². The van der Waals surface area contributed by atoms with Crippen LogP contribution in [0.5, 0.6) is 0 Å². The lowest BCUT2D eigenvalue weighted by atomic mass is 9.82. The average molecular weight is 589 g/mol. The van der Waals surface area contributed by atoms with E-state index < -0.39 is 20.0 Å². The van der Waals surface area contributed by atoms with Crippen LogP contribution in [0.4, 0.5) is 11.4 Å². The van der Waals surface area contributed by atoms with Crippen molar-refractivity contribution in [1.82, 2.24) is 15.0 Å². The first-order chi connectivity index (χ1) is 20.1. The molecule has 4 atom stereocenters. The zero-order valence-corrected chi connectivity index (χ0v) is 25.0. The molecule has 1 fully saturated rings. The molecule has 3 aliphatic heterocycles. The van der Waals surface area contributed by atoms with Crippen molar-refractivity contribution in [2.45, 2.75) is 69.5 Å². The predicted octanol–water partition coefficient (Wildman–Crippen LogP) is 3.18. The summed E-state index contributed by atoms with van der Waals surface area (Å²) in [6.45, 7) is 6.23. The van der Waals surface area contributed by atoms with E-state index in [0.717, 1.165) is 11.3 Å². The number of hydrazone groups is 1. The van der Waals surface area contributed by atoms with Crippen LogP contribution in [0.3, 0.4) is 0 Å². The Hall–Kier alpha value is -3.71. The van der Waals surface area contributed by atoms with Crippen molar-refractivity contribution in [2.24, 2.45) is 11.0 Å². The van der Waals surface area contributed by atoms with Gasteiger partial charge in [0, 0.05) is 61.3 Å². The molecule has 42 heavy (non-hydrogen) atoms. The number of rotatable bonds is 8. The number of carbonyl (C=O) groups is 2. The molecular formula is C30H36N6O5Si. The van der Waals surface area contributed by atoms with Gasteiger partial charge < -0.3 is 20.0 Å². The van der Waals surface area contributed by atoms with Crippen molar-refractivity contribution < 1.29 is 24.2 Å². The highest BCUT2D eigenvalue weighted by Crippen LogP contribution is 2.58. The lowest BCUT2D eigenvalue weighted by molar-refractivity contribution is -0.143. The molecule has 2 aromatic carbocycles. The zero-order chi connectivity index (χ0) is 29.6. The van der Waals surface area contributed by atoms with Crippen LogP contribution < -0.4 is 10.3 Å². The van der Waals surface area contributed by atoms with E-state index in [0.29, 0.717) is 54.9 Å². The minimum atomic E-state index is -2.81. The molecule has 1 saturated heterocycles. The molecule has 3 aliphatic rings. The largest absolute Gasteiger partial charge is 0.432 e. The number of amides is 2. The van der Waals surface area contributed by atoms with Crippen LogP contribution in [0.25, 0.3) is 0 Å². The summed E-state index contributed by atoms with van der Waals surface area (Å²) in [7, 11) is -2.81. The van der Waals surface area contributed by atoms with Crippen LogP contribution in [0, 0.1) is 5.92 Å². The van der Waals surface area contributed by atoms with Gasteiger partial charge in [-0.2, -0.15) is 5.10 Å². The number of carbonyl (C=O) groups excluding carboxylic acids is 2. The van der Waals surface area contributed by atoms with Gasteiger partial charge in [0.1, 0.15) is 0 Å². The number of ether oxygens (including phenoxy) is 1. The molecule has 220 valence electrons. The van der Waals surface area contributed by atoms with Gasteiger partial charge in [-0.15, -0.1) is 5.10 Å². The van der Waals surface area contributed by atoms with Crippen LogP contribution in [0.1, 0.15) is 43.0 Å². The molecule has 0 unspecified atom stereocenters. The number of aromatic nitrogens is 3. The van der Waals surface area contributed by atoms with Crippen molar-refractivity contribution in [1.29, 1.82) is 0 Å². The summed E-state index contributed by atoms with van der Waals surface area (Å²) < 4.78 is 8.46. The van der Waals surface area contributed by atoms with Crippen molar-refractivity contribution in [2.75, 3.05) is 16.9 Å². The van der Waals surface area contributed by atoms with Crippen LogP contribution in [-0.2, 0) is 32.9 Å². The topological polar surface area (TPSA) is 142 Å². The fourth-order valence-electron chi connectivity index (χ4n) is 6.81. The number of anilines is 2. The second kappa shape index (κ2) is 10.8. The molecule has 4 heterocycles. The van der Waals surface area contributed by atoms with Crippen molar-refractivity contribution in [3.8, 4) is 0 Å². The first kappa shape index (κ1) is 28.4. The predicted molar refractivity (Wildman–Crippen MR) is 159 cm³/mol. The standard InChI is InChI=1S/C30H36N6O5Si/c1-19-28(42(2,3)40)26(13-15-35-18-21(14-16-37)32-34-35)41-30(19)23-17-22(9-10-25(23)31-29(30)39)36-27(38)12-11-24(33-36)20-7-5-4-6-8-20/h4-10,17-19,26,28,37,40H,11-16H2,1-3H3,(H,31,39)/t19-,26+,28-,30+/m0/s1. The molecule has 0 bridgehead atoms. The Kier molecular flexibility index (Phi) is 7.33. The van der Waals surface area contributed by atoms with E-state index in [4.69, 9.17) is 9.84 Å². The molecule has 0 aliphatic carbocycles. The summed E-state index contributed by atoms with van der Waals surface area (Å²) in [6, 6.07) is 15.2. The Labute approximate surface area is 245 Å². The highest BCUT2D eigenvalue weighted by Gasteiger charge is 2.64. The van der Waals surface area contributed by atoms with Crippen LogP contribution in [0.15, 0.2) is 59.8 Å². The molecular weight excluding hydrogens is 552 g/mol. The maximum absolute atomic E-state index is 13.8. The monoisotopic (exact) mass is 588 g/mol. The Balaban J connectivity index is 1.34. The van der Waals surface area contributed by atoms with E-state index in [1.165, 1.54) is 5.01 Å². The fraction of sp³-hybridized carbons (Fsp3) is 0.433. The Morgan fingerprint density at radius 3 is 2.67 bits per heavy atom. The van der Waals surface area contributed by atoms with Gasteiger partial charge in [0.15, 0.2) is 13.9 Å².